The first kappa shape index (κ1) is 14.9. The molecule has 1 aliphatic carbocycles. The molecule has 21 heavy (non-hydrogen) atoms. The van der Waals surface area contributed by atoms with Gasteiger partial charge in [0.1, 0.15) is 0 Å². The lowest BCUT2D eigenvalue weighted by Gasteiger charge is -2.29. The molecule has 0 radical (unpaired) electrons. The number of morpholine rings is 1. The Labute approximate surface area is 126 Å². The van der Waals surface area contributed by atoms with Crippen molar-refractivity contribution in [2.75, 3.05) is 32.8 Å². The Kier molecular flexibility index (Phi) is 4.57. The lowest BCUT2D eigenvalue weighted by Crippen LogP contribution is -2.40. The molecule has 3 rings (SSSR count). The van der Waals surface area contributed by atoms with E-state index >= 15 is 0 Å². The lowest BCUT2D eigenvalue weighted by molar-refractivity contribution is 0.0348. The van der Waals surface area contributed by atoms with Crippen molar-refractivity contribution in [2.45, 2.75) is 50.5 Å². The molecule has 0 aromatic carbocycles. The maximum Gasteiger partial charge on any atom is 0.232 e. The molecule has 2 fully saturated rings. The Balaban J connectivity index is 1.63. The largest absolute Gasteiger partial charge is 0.379 e. The summed E-state index contributed by atoms with van der Waals surface area (Å²) in [6.45, 7) is 6.41. The van der Waals surface area contributed by atoms with E-state index in [2.05, 4.69) is 22.0 Å². The maximum absolute atomic E-state index is 6.24. The molecule has 6 heteroatoms. The highest BCUT2D eigenvalue weighted by Crippen LogP contribution is 2.38. The van der Waals surface area contributed by atoms with Gasteiger partial charge in [0.15, 0.2) is 5.82 Å². The van der Waals surface area contributed by atoms with Crippen LogP contribution in [-0.4, -0.2) is 47.9 Å². The molecule has 1 saturated heterocycles. The summed E-state index contributed by atoms with van der Waals surface area (Å²) in [6, 6.07) is -0.187. The van der Waals surface area contributed by atoms with Crippen LogP contribution in [-0.2, 0) is 10.2 Å². The van der Waals surface area contributed by atoms with Crippen LogP contribution < -0.4 is 5.73 Å². The third kappa shape index (κ3) is 3.44. The van der Waals surface area contributed by atoms with Crippen LogP contribution in [0.5, 0.6) is 0 Å². The number of hydrogen-bond donors (Lipinski definition) is 1. The van der Waals surface area contributed by atoms with Crippen LogP contribution in [0.2, 0.25) is 0 Å². The topological polar surface area (TPSA) is 77.4 Å². The van der Waals surface area contributed by atoms with Gasteiger partial charge in [-0.3, -0.25) is 4.90 Å². The van der Waals surface area contributed by atoms with Crippen LogP contribution in [0.25, 0.3) is 0 Å². The molecule has 2 aliphatic rings. The molecule has 1 aliphatic heterocycles. The van der Waals surface area contributed by atoms with Crippen molar-refractivity contribution in [1.82, 2.24) is 15.0 Å². The van der Waals surface area contributed by atoms with Gasteiger partial charge in [0.25, 0.3) is 0 Å². The third-order valence-corrected chi connectivity index (χ3v) is 4.81. The zero-order valence-corrected chi connectivity index (χ0v) is 12.9. The van der Waals surface area contributed by atoms with Gasteiger partial charge >= 0.3 is 0 Å². The molecule has 1 aromatic heterocycles. The number of ether oxygens (including phenoxy) is 1. The van der Waals surface area contributed by atoms with Gasteiger partial charge in [-0.1, -0.05) is 31.3 Å². The summed E-state index contributed by atoms with van der Waals surface area (Å²) < 4.78 is 10.9. The van der Waals surface area contributed by atoms with Crippen LogP contribution in [0.1, 0.15) is 56.8 Å². The molecule has 1 aromatic rings. The van der Waals surface area contributed by atoms with Crippen molar-refractivity contribution in [3.8, 4) is 0 Å². The predicted octanol–water partition coefficient (Wildman–Crippen LogP) is 1.62. The number of nitrogens with two attached hydrogens (primary N) is 1. The Morgan fingerprint density at radius 2 is 1.95 bits per heavy atom. The molecule has 0 spiro atoms. The van der Waals surface area contributed by atoms with Gasteiger partial charge in [-0.05, 0) is 12.8 Å². The quantitative estimate of drug-likeness (QED) is 0.909. The van der Waals surface area contributed by atoms with Crippen molar-refractivity contribution in [1.29, 1.82) is 0 Å². The van der Waals surface area contributed by atoms with E-state index in [1.165, 1.54) is 19.3 Å². The van der Waals surface area contributed by atoms with Crippen LogP contribution in [0, 0.1) is 0 Å². The zero-order valence-electron chi connectivity index (χ0n) is 12.9. The van der Waals surface area contributed by atoms with Crippen LogP contribution in [0.15, 0.2) is 4.52 Å². The Morgan fingerprint density at radius 3 is 2.67 bits per heavy atom. The van der Waals surface area contributed by atoms with Crippen LogP contribution in [0.4, 0.5) is 0 Å². The summed E-state index contributed by atoms with van der Waals surface area (Å²) in [4.78, 5) is 6.91. The van der Waals surface area contributed by atoms with Gasteiger partial charge in [-0.2, -0.15) is 4.98 Å². The minimum atomic E-state index is -0.187. The number of nitrogens with zero attached hydrogens (tertiary/aromatic N) is 3. The fourth-order valence-corrected chi connectivity index (χ4v) is 3.32. The van der Waals surface area contributed by atoms with Gasteiger partial charge in [-0.25, -0.2) is 0 Å². The average Bonchev–Trinajstić information content (AvgIpc) is 3.00. The minimum absolute atomic E-state index is 0.0438. The van der Waals surface area contributed by atoms with E-state index in [-0.39, 0.29) is 11.5 Å². The van der Waals surface area contributed by atoms with Gasteiger partial charge in [0, 0.05) is 25.0 Å². The molecule has 6 nitrogen and oxygen atoms in total. The van der Waals surface area contributed by atoms with Crippen molar-refractivity contribution in [3.05, 3.63) is 11.7 Å². The molecule has 2 N–H and O–H groups in total. The number of rotatable bonds is 4. The van der Waals surface area contributed by atoms with Gasteiger partial charge in [0.2, 0.25) is 5.89 Å². The fourth-order valence-electron chi connectivity index (χ4n) is 3.32. The number of hydrogen-bond acceptors (Lipinski definition) is 6. The summed E-state index contributed by atoms with van der Waals surface area (Å²) in [6.07, 6.45) is 6.07. The molecule has 118 valence electrons. The van der Waals surface area contributed by atoms with E-state index in [1.54, 1.807) is 0 Å². The van der Waals surface area contributed by atoms with Gasteiger partial charge in [0.05, 0.1) is 19.3 Å². The van der Waals surface area contributed by atoms with E-state index in [1.807, 2.05) is 0 Å². The highest BCUT2D eigenvalue weighted by Gasteiger charge is 2.35. The first-order chi connectivity index (χ1) is 10.2. The standard InChI is InChI=1S/C15H26N4O2/c1-15(5-3-2-4-6-15)14-17-13(18-21-14)12(16)11-19-7-9-20-10-8-19/h12H,2-11,16H2,1H3. The molecular formula is C15H26N4O2. The monoisotopic (exact) mass is 294 g/mol. The second-order valence-corrected chi connectivity index (χ2v) is 6.60. The Morgan fingerprint density at radius 1 is 1.24 bits per heavy atom. The SMILES string of the molecule is CC1(c2nc(C(N)CN3CCOCC3)no2)CCCCC1. The highest BCUT2D eigenvalue weighted by molar-refractivity contribution is 5.06. The number of aromatic nitrogens is 2. The second kappa shape index (κ2) is 6.42. The first-order valence-corrected chi connectivity index (χ1v) is 8.07. The van der Waals surface area contributed by atoms with Crippen molar-refractivity contribution >= 4 is 0 Å². The maximum atomic E-state index is 6.24. The average molecular weight is 294 g/mol. The second-order valence-electron chi connectivity index (χ2n) is 6.60. The summed E-state index contributed by atoms with van der Waals surface area (Å²) in [5, 5.41) is 4.13. The predicted molar refractivity (Wildman–Crippen MR) is 78.9 cm³/mol. The zero-order chi connectivity index (χ0) is 14.7. The van der Waals surface area contributed by atoms with E-state index in [0.29, 0.717) is 5.82 Å². The van der Waals surface area contributed by atoms with Crippen molar-refractivity contribution in [3.63, 3.8) is 0 Å². The van der Waals surface area contributed by atoms with Crippen molar-refractivity contribution in [2.24, 2.45) is 5.73 Å². The van der Waals surface area contributed by atoms with Gasteiger partial charge < -0.3 is 15.0 Å². The Bertz CT molecular complexity index is 450. The summed E-state index contributed by atoms with van der Waals surface area (Å²) in [7, 11) is 0. The van der Waals surface area contributed by atoms with Crippen LogP contribution in [0.3, 0.4) is 0 Å². The van der Waals surface area contributed by atoms with E-state index in [4.69, 9.17) is 15.0 Å². The van der Waals surface area contributed by atoms with Gasteiger partial charge in [-0.15, -0.1) is 0 Å². The van der Waals surface area contributed by atoms with Crippen molar-refractivity contribution < 1.29 is 9.26 Å². The molecule has 1 saturated carbocycles. The third-order valence-electron chi connectivity index (χ3n) is 4.81. The normalized spacial score (nSPS) is 24.9. The molecule has 0 bridgehead atoms. The summed E-state index contributed by atoms with van der Waals surface area (Å²) in [5.41, 5.74) is 6.29. The minimum Gasteiger partial charge on any atom is -0.379 e. The fraction of sp³-hybridized carbons (Fsp3) is 0.867. The smallest absolute Gasteiger partial charge is 0.232 e. The van der Waals surface area contributed by atoms with E-state index in [0.717, 1.165) is 51.6 Å². The lowest BCUT2D eigenvalue weighted by atomic mass is 9.75. The first-order valence-electron chi connectivity index (χ1n) is 8.07. The van der Waals surface area contributed by atoms with E-state index in [9.17, 15) is 0 Å². The molecular weight excluding hydrogens is 268 g/mol. The van der Waals surface area contributed by atoms with Crippen LogP contribution >= 0.6 is 0 Å². The summed E-state index contributed by atoms with van der Waals surface area (Å²) in [5.74, 6) is 1.41. The molecule has 2 heterocycles. The molecule has 0 amide bonds. The molecule has 1 unspecified atom stereocenters. The molecule has 1 atom stereocenters. The summed E-state index contributed by atoms with van der Waals surface area (Å²) >= 11 is 0. The Hall–Kier alpha value is -0.980. The van der Waals surface area contributed by atoms with E-state index < -0.39 is 0 Å². The highest BCUT2D eigenvalue weighted by atomic mass is 16.5.